The van der Waals surface area contributed by atoms with E-state index in [1.54, 1.807) is 6.26 Å². The number of hydrogen-bond donors (Lipinski definition) is 1. The molecule has 1 fully saturated rings. The molecule has 1 aromatic heterocycles. The van der Waals surface area contributed by atoms with Crippen LogP contribution < -0.4 is 5.32 Å². The zero-order valence-corrected chi connectivity index (χ0v) is 9.24. The van der Waals surface area contributed by atoms with Gasteiger partial charge < -0.3 is 14.5 Å². The maximum absolute atomic E-state index is 5.44. The van der Waals surface area contributed by atoms with Crippen LogP contribution in [0.1, 0.15) is 31.6 Å². The molecule has 2 atom stereocenters. The molecule has 2 heterocycles. The van der Waals surface area contributed by atoms with Crippen LogP contribution in [0.4, 0.5) is 0 Å². The molecule has 0 aliphatic carbocycles. The molecule has 0 spiro atoms. The van der Waals surface area contributed by atoms with E-state index < -0.39 is 0 Å². The predicted octanol–water partition coefficient (Wildman–Crippen LogP) is 2.36. The van der Waals surface area contributed by atoms with Crippen LogP contribution in [0.2, 0.25) is 0 Å². The minimum absolute atomic E-state index is 0.293. The van der Waals surface area contributed by atoms with Crippen LogP contribution in [0.3, 0.4) is 0 Å². The Balaban J connectivity index is 1.73. The van der Waals surface area contributed by atoms with E-state index in [0.29, 0.717) is 12.0 Å². The summed E-state index contributed by atoms with van der Waals surface area (Å²) < 4.78 is 10.8. The molecule has 3 heteroatoms. The van der Waals surface area contributed by atoms with Crippen molar-refractivity contribution < 1.29 is 9.15 Å². The lowest BCUT2D eigenvalue weighted by Gasteiger charge is -2.23. The molecule has 3 nitrogen and oxygen atoms in total. The van der Waals surface area contributed by atoms with Crippen LogP contribution in [-0.4, -0.2) is 19.8 Å². The van der Waals surface area contributed by atoms with Crippen molar-refractivity contribution in [3.63, 3.8) is 0 Å². The maximum Gasteiger partial charge on any atom is 0.120 e. The molecule has 0 aromatic carbocycles. The number of nitrogens with one attached hydrogen (secondary N) is 1. The summed E-state index contributed by atoms with van der Waals surface area (Å²) in [5.41, 5.74) is 0. The van der Waals surface area contributed by atoms with Gasteiger partial charge in [0.2, 0.25) is 0 Å². The summed E-state index contributed by atoms with van der Waals surface area (Å²) in [5, 5.41) is 3.48. The van der Waals surface area contributed by atoms with Crippen molar-refractivity contribution in [3.8, 4) is 0 Å². The van der Waals surface area contributed by atoms with Crippen molar-refractivity contribution in [2.24, 2.45) is 5.92 Å². The molecule has 0 amide bonds. The van der Waals surface area contributed by atoms with Crippen molar-refractivity contribution >= 4 is 0 Å². The van der Waals surface area contributed by atoms with Gasteiger partial charge in [0.05, 0.1) is 18.9 Å². The van der Waals surface area contributed by atoms with Gasteiger partial charge in [-0.1, -0.05) is 0 Å². The molecule has 1 aliphatic heterocycles. The second-order valence-corrected chi connectivity index (χ2v) is 4.23. The van der Waals surface area contributed by atoms with Gasteiger partial charge in [0.25, 0.3) is 0 Å². The van der Waals surface area contributed by atoms with Crippen molar-refractivity contribution in [2.75, 3.05) is 19.8 Å². The van der Waals surface area contributed by atoms with Gasteiger partial charge >= 0.3 is 0 Å². The number of ether oxygens (including phenoxy) is 1. The van der Waals surface area contributed by atoms with Gasteiger partial charge in [-0.25, -0.2) is 0 Å². The van der Waals surface area contributed by atoms with E-state index in [1.807, 2.05) is 12.1 Å². The quantitative estimate of drug-likeness (QED) is 0.826. The highest BCUT2D eigenvalue weighted by molar-refractivity contribution is 5.02. The van der Waals surface area contributed by atoms with Crippen LogP contribution in [0.5, 0.6) is 0 Å². The molecule has 1 saturated heterocycles. The Labute approximate surface area is 90.8 Å². The second-order valence-electron chi connectivity index (χ2n) is 4.23. The Morgan fingerprint density at radius 3 is 3.20 bits per heavy atom. The van der Waals surface area contributed by atoms with Crippen LogP contribution in [0.15, 0.2) is 22.8 Å². The summed E-state index contributed by atoms with van der Waals surface area (Å²) in [6.45, 7) is 4.98. The first-order valence-electron chi connectivity index (χ1n) is 5.71. The first-order chi connectivity index (χ1) is 7.36. The fourth-order valence-corrected chi connectivity index (χ4v) is 1.95. The Bertz CT molecular complexity index is 265. The highest BCUT2D eigenvalue weighted by atomic mass is 16.5. The van der Waals surface area contributed by atoms with Crippen LogP contribution in [0, 0.1) is 5.92 Å². The summed E-state index contributed by atoms with van der Waals surface area (Å²) in [6, 6.07) is 4.23. The third kappa shape index (κ3) is 3.08. The average Bonchev–Trinajstić information content (AvgIpc) is 2.81. The average molecular weight is 209 g/mol. The van der Waals surface area contributed by atoms with Gasteiger partial charge in [-0.05, 0) is 37.8 Å². The van der Waals surface area contributed by atoms with E-state index in [2.05, 4.69) is 12.2 Å². The standard InChI is InChI=1S/C12H19NO2/c1-10(12-5-3-7-15-12)13-8-11-4-2-6-14-9-11/h3,5,7,10-11,13H,2,4,6,8-9H2,1H3/t10-,11?/m0/s1. The molecule has 1 unspecified atom stereocenters. The highest BCUT2D eigenvalue weighted by Gasteiger charge is 2.15. The molecule has 0 bridgehead atoms. The third-order valence-corrected chi connectivity index (χ3v) is 2.94. The van der Waals surface area contributed by atoms with E-state index in [9.17, 15) is 0 Å². The predicted molar refractivity (Wildman–Crippen MR) is 58.7 cm³/mol. The molecule has 0 saturated carbocycles. The molecule has 1 aromatic rings. The molecule has 1 N–H and O–H groups in total. The highest BCUT2D eigenvalue weighted by Crippen LogP contribution is 2.16. The maximum atomic E-state index is 5.44. The summed E-state index contributed by atoms with van der Waals surface area (Å²) in [7, 11) is 0. The summed E-state index contributed by atoms with van der Waals surface area (Å²) in [6.07, 6.45) is 4.19. The van der Waals surface area contributed by atoms with Crippen molar-refractivity contribution in [1.29, 1.82) is 0 Å². The smallest absolute Gasteiger partial charge is 0.120 e. The molecular formula is C12H19NO2. The Kier molecular flexibility index (Phi) is 3.80. The van der Waals surface area contributed by atoms with Crippen LogP contribution in [0.25, 0.3) is 0 Å². The largest absolute Gasteiger partial charge is 0.468 e. The molecular weight excluding hydrogens is 190 g/mol. The van der Waals surface area contributed by atoms with Gasteiger partial charge in [0.15, 0.2) is 0 Å². The van der Waals surface area contributed by atoms with Gasteiger partial charge in [-0.2, -0.15) is 0 Å². The minimum atomic E-state index is 0.293. The molecule has 2 rings (SSSR count). The Hall–Kier alpha value is -0.800. The van der Waals surface area contributed by atoms with E-state index in [-0.39, 0.29) is 0 Å². The van der Waals surface area contributed by atoms with Crippen LogP contribution >= 0.6 is 0 Å². The lowest BCUT2D eigenvalue weighted by molar-refractivity contribution is 0.0537. The minimum Gasteiger partial charge on any atom is -0.468 e. The summed E-state index contributed by atoms with van der Waals surface area (Å²) in [4.78, 5) is 0. The monoisotopic (exact) mass is 209 g/mol. The van der Waals surface area contributed by atoms with Gasteiger partial charge in [-0.3, -0.25) is 0 Å². The molecule has 1 aliphatic rings. The Morgan fingerprint density at radius 2 is 2.53 bits per heavy atom. The molecule has 15 heavy (non-hydrogen) atoms. The second kappa shape index (κ2) is 5.33. The van der Waals surface area contributed by atoms with E-state index >= 15 is 0 Å². The fraction of sp³-hybridized carbons (Fsp3) is 0.667. The number of hydrogen-bond acceptors (Lipinski definition) is 3. The van der Waals surface area contributed by atoms with E-state index in [4.69, 9.17) is 9.15 Å². The van der Waals surface area contributed by atoms with Crippen molar-refractivity contribution in [2.45, 2.75) is 25.8 Å². The first kappa shape index (κ1) is 10.7. The summed E-state index contributed by atoms with van der Waals surface area (Å²) in [5.74, 6) is 1.67. The number of furan rings is 1. The zero-order chi connectivity index (χ0) is 10.5. The normalized spacial score (nSPS) is 23.9. The zero-order valence-electron chi connectivity index (χ0n) is 9.24. The Morgan fingerprint density at radius 1 is 1.60 bits per heavy atom. The SMILES string of the molecule is C[C@H](NCC1CCCOC1)c1ccco1. The number of rotatable bonds is 4. The van der Waals surface area contributed by atoms with Gasteiger partial charge in [-0.15, -0.1) is 0 Å². The summed E-state index contributed by atoms with van der Waals surface area (Å²) >= 11 is 0. The fourth-order valence-electron chi connectivity index (χ4n) is 1.95. The molecule has 84 valence electrons. The third-order valence-electron chi connectivity index (χ3n) is 2.94. The topological polar surface area (TPSA) is 34.4 Å². The van der Waals surface area contributed by atoms with E-state index in [1.165, 1.54) is 12.8 Å². The molecule has 0 radical (unpaired) electrons. The first-order valence-corrected chi connectivity index (χ1v) is 5.71. The lowest BCUT2D eigenvalue weighted by atomic mass is 10.0. The van der Waals surface area contributed by atoms with Gasteiger partial charge in [0.1, 0.15) is 5.76 Å². The van der Waals surface area contributed by atoms with Gasteiger partial charge in [0, 0.05) is 13.2 Å². The van der Waals surface area contributed by atoms with Crippen molar-refractivity contribution in [3.05, 3.63) is 24.2 Å². The lowest BCUT2D eigenvalue weighted by Crippen LogP contribution is -2.30. The van der Waals surface area contributed by atoms with Crippen molar-refractivity contribution in [1.82, 2.24) is 5.32 Å². The van der Waals surface area contributed by atoms with E-state index in [0.717, 1.165) is 25.5 Å². The van der Waals surface area contributed by atoms with Crippen LogP contribution in [-0.2, 0) is 4.74 Å².